The SMILES string of the molecule is Cc1cc(C)c(S(=O)(=O)N(C(CCNCCCCNCCCN)(S(=O)(=O)c2c(C)cc(C)cc2C)S(=O)(=O)c2c(C)cc(C)cc2C)S(=O)(=O)c2c(C)cc(C)cc2C)c(C)c1. The minimum Gasteiger partial charge on any atom is -0.330 e. The van der Waals surface area contributed by atoms with Gasteiger partial charge in [-0.05, 0) is 183 Å². The molecule has 4 aromatic rings. The first-order chi connectivity index (χ1) is 28.7. The molecule has 0 heterocycles. The smallest absolute Gasteiger partial charge is 0.263 e. The minimum absolute atomic E-state index is 0.118. The summed E-state index contributed by atoms with van der Waals surface area (Å²) in [7, 11) is -22.6. The van der Waals surface area contributed by atoms with Crippen molar-refractivity contribution in [1.29, 1.82) is 0 Å². The van der Waals surface area contributed by atoms with Gasteiger partial charge in [0, 0.05) is 6.42 Å². The zero-order valence-corrected chi connectivity index (χ0v) is 41.7. The molecule has 0 unspecified atom stereocenters. The van der Waals surface area contributed by atoms with Crippen molar-refractivity contribution in [3.8, 4) is 0 Å². The molecule has 62 heavy (non-hydrogen) atoms. The minimum atomic E-state index is -5.66. The number of unbranched alkanes of at least 4 members (excludes halogenated alkanes) is 1. The summed E-state index contributed by atoms with van der Waals surface area (Å²) < 4.78 is 126. The lowest BCUT2D eigenvalue weighted by Gasteiger charge is -2.42. The number of nitrogens with one attached hydrogen (secondary N) is 2. The topological polar surface area (TPSA) is 190 Å². The maximum atomic E-state index is 16.5. The highest BCUT2D eigenvalue weighted by Gasteiger charge is 2.69. The molecule has 0 aliphatic rings. The number of sulfone groups is 2. The van der Waals surface area contributed by atoms with Gasteiger partial charge in [-0.25, -0.2) is 33.7 Å². The summed E-state index contributed by atoms with van der Waals surface area (Å²) in [4.78, 5) is -1.95. The molecule has 342 valence electrons. The van der Waals surface area contributed by atoms with Gasteiger partial charge in [-0.2, -0.15) is 0 Å². The summed E-state index contributed by atoms with van der Waals surface area (Å²) in [6.07, 6.45) is 1.13. The Kier molecular flexibility index (Phi) is 16.3. The van der Waals surface area contributed by atoms with E-state index in [1.807, 2.05) is 0 Å². The molecule has 0 saturated heterocycles. The Morgan fingerprint density at radius 3 is 0.968 bits per heavy atom. The molecule has 0 aromatic heterocycles. The number of hydrogen-bond acceptors (Lipinski definition) is 11. The molecule has 0 aliphatic carbocycles. The maximum absolute atomic E-state index is 16.5. The van der Waals surface area contributed by atoms with Gasteiger partial charge in [-0.15, -0.1) is 0 Å². The fourth-order valence-corrected chi connectivity index (χ4v) is 21.5. The van der Waals surface area contributed by atoms with Crippen LogP contribution in [0.15, 0.2) is 68.1 Å². The maximum Gasteiger partial charge on any atom is 0.263 e. The van der Waals surface area contributed by atoms with Gasteiger partial charge in [-0.1, -0.05) is 70.8 Å². The number of sulfonamides is 2. The van der Waals surface area contributed by atoms with Gasteiger partial charge in [0.2, 0.25) is 19.7 Å². The summed E-state index contributed by atoms with van der Waals surface area (Å²) in [6, 6.07) is 12.5. The third-order valence-electron chi connectivity index (χ3n) is 11.2. The molecule has 4 rings (SSSR count). The van der Waals surface area contributed by atoms with E-state index in [4.69, 9.17) is 5.73 Å². The number of aryl methyl sites for hydroxylation is 12. The summed E-state index contributed by atoms with van der Waals surface area (Å²) in [5, 5.41) is 6.48. The summed E-state index contributed by atoms with van der Waals surface area (Å²) in [5.74, 6) is 0. The molecule has 12 nitrogen and oxygen atoms in total. The lowest BCUT2D eigenvalue weighted by Crippen LogP contribution is -2.64. The normalized spacial score (nSPS) is 13.0. The van der Waals surface area contributed by atoms with Crippen LogP contribution in [-0.2, 0) is 39.7 Å². The third kappa shape index (κ3) is 9.77. The average Bonchev–Trinajstić information content (AvgIpc) is 3.09. The number of nitrogens with two attached hydrogens (primary N) is 1. The lowest BCUT2D eigenvalue weighted by molar-refractivity contribution is 0.399. The summed E-state index contributed by atoms with van der Waals surface area (Å²) >= 11 is 0. The van der Waals surface area contributed by atoms with E-state index in [0.29, 0.717) is 48.3 Å². The average molecular weight is 931 g/mol. The van der Waals surface area contributed by atoms with Crippen molar-refractivity contribution in [1.82, 2.24) is 14.3 Å². The molecule has 0 atom stereocenters. The molecule has 16 heteroatoms. The van der Waals surface area contributed by atoms with E-state index in [2.05, 4.69) is 10.6 Å². The second-order valence-corrected chi connectivity index (χ2v) is 25.1. The van der Waals surface area contributed by atoms with Crippen LogP contribution in [0.3, 0.4) is 0 Å². The first-order valence-corrected chi connectivity index (χ1v) is 26.8. The van der Waals surface area contributed by atoms with Gasteiger partial charge in [-0.3, -0.25) is 0 Å². The fraction of sp³-hybridized carbons (Fsp3) is 0.478. The summed E-state index contributed by atoms with van der Waals surface area (Å²) in [5.41, 5.74) is 9.29. The zero-order valence-electron chi connectivity index (χ0n) is 38.4. The van der Waals surface area contributed by atoms with Crippen molar-refractivity contribution in [2.45, 2.75) is 133 Å². The highest BCUT2D eigenvalue weighted by atomic mass is 32.3. The zero-order chi connectivity index (χ0) is 46.7. The van der Waals surface area contributed by atoms with E-state index in [1.54, 1.807) is 76.2 Å². The molecule has 0 fully saturated rings. The van der Waals surface area contributed by atoms with Crippen LogP contribution in [0.2, 0.25) is 0 Å². The van der Waals surface area contributed by atoms with Crippen LogP contribution >= 0.6 is 0 Å². The van der Waals surface area contributed by atoms with Gasteiger partial charge in [0.25, 0.3) is 24.2 Å². The third-order valence-corrected chi connectivity index (χ3v) is 22.7. The first-order valence-electron chi connectivity index (χ1n) is 20.9. The first kappa shape index (κ1) is 51.2. The molecule has 0 radical (unpaired) electrons. The van der Waals surface area contributed by atoms with Crippen LogP contribution in [0.4, 0.5) is 0 Å². The Morgan fingerprint density at radius 2 is 0.677 bits per heavy atom. The largest absolute Gasteiger partial charge is 0.330 e. The van der Waals surface area contributed by atoms with Crippen molar-refractivity contribution < 1.29 is 33.7 Å². The predicted octanol–water partition coefficient (Wildman–Crippen LogP) is 7.07. The van der Waals surface area contributed by atoms with E-state index >= 15 is 33.7 Å². The molecular formula is C46H66N4O8S4. The van der Waals surface area contributed by atoms with Crippen LogP contribution in [0.25, 0.3) is 0 Å². The second-order valence-electron chi connectivity index (χ2n) is 16.9. The van der Waals surface area contributed by atoms with Crippen LogP contribution in [0.5, 0.6) is 0 Å². The lowest BCUT2D eigenvalue weighted by atomic mass is 10.1. The number of nitrogens with zero attached hydrogens (tertiary/aromatic N) is 1. The molecular weight excluding hydrogens is 865 g/mol. The van der Waals surface area contributed by atoms with Crippen LogP contribution in [0, 0.1) is 83.1 Å². The Hall–Kier alpha value is -3.48. The summed E-state index contributed by atoms with van der Waals surface area (Å²) in [6.45, 7) is 20.8. The van der Waals surface area contributed by atoms with Gasteiger partial charge >= 0.3 is 0 Å². The van der Waals surface area contributed by atoms with Crippen LogP contribution in [-0.4, -0.2) is 74.3 Å². The molecule has 0 aliphatic heterocycles. The highest BCUT2D eigenvalue weighted by molar-refractivity contribution is 8.14. The van der Waals surface area contributed by atoms with E-state index in [1.165, 1.54) is 55.4 Å². The molecule has 0 amide bonds. The van der Waals surface area contributed by atoms with E-state index in [0.717, 1.165) is 19.4 Å². The number of benzene rings is 4. The van der Waals surface area contributed by atoms with Gasteiger partial charge in [0.05, 0.1) is 19.6 Å². The Balaban J connectivity index is 2.32. The predicted molar refractivity (Wildman–Crippen MR) is 249 cm³/mol. The second kappa shape index (κ2) is 19.7. The van der Waals surface area contributed by atoms with Gasteiger partial charge in [0.15, 0.2) is 0 Å². The Labute approximate surface area is 372 Å². The molecule has 4 N–H and O–H groups in total. The van der Waals surface area contributed by atoms with Crippen molar-refractivity contribution >= 4 is 39.7 Å². The molecule has 0 saturated carbocycles. The van der Waals surface area contributed by atoms with E-state index < -0.39 is 76.5 Å². The van der Waals surface area contributed by atoms with E-state index in [9.17, 15) is 0 Å². The number of hydrogen-bond donors (Lipinski definition) is 3. The van der Waals surface area contributed by atoms with Gasteiger partial charge < -0.3 is 16.4 Å². The van der Waals surface area contributed by atoms with Crippen molar-refractivity contribution in [2.24, 2.45) is 5.73 Å². The van der Waals surface area contributed by atoms with Crippen LogP contribution < -0.4 is 16.4 Å². The fourth-order valence-electron chi connectivity index (χ4n) is 9.23. The Morgan fingerprint density at radius 1 is 0.419 bits per heavy atom. The van der Waals surface area contributed by atoms with E-state index in [-0.39, 0.29) is 48.2 Å². The number of rotatable bonds is 20. The van der Waals surface area contributed by atoms with Gasteiger partial charge in [0.1, 0.15) is 0 Å². The quantitative estimate of drug-likeness (QED) is 0.0769. The standard InChI is InChI=1S/C46H66N4O8S4/c1-30-22-34(5)42(35(6)23-30)59(51,52)46(16-21-49-19-14-13-18-48-20-15-17-47,60(53,54)43-36(7)24-31(2)25-37(43)8)50(61(55,56)44-38(9)26-32(3)27-39(44)10)62(57,58)45-40(11)28-33(4)29-41(45)12/h22-29,48-49H,13-21,47H2,1-12H3. The van der Waals surface area contributed by atoms with Crippen molar-refractivity contribution in [2.75, 3.05) is 32.7 Å². The Bertz CT molecular complexity index is 2520. The highest BCUT2D eigenvalue weighted by Crippen LogP contribution is 2.50. The molecule has 0 bridgehead atoms. The van der Waals surface area contributed by atoms with Crippen molar-refractivity contribution in [3.05, 3.63) is 115 Å². The monoisotopic (exact) mass is 930 g/mol. The molecule has 0 spiro atoms. The molecule has 4 aromatic carbocycles. The van der Waals surface area contributed by atoms with Crippen molar-refractivity contribution in [3.63, 3.8) is 0 Å². The van der Waals surface area contributed by atoms with Crippen LogP contribution in [0.1, 0.15) is 92.4 Å².